The number of benzene rings is 1. The maximum Gasteiger partial charge on any atom is 0.0540 e. The van der Waals surface area contributed by atoms with Gasteiger partial charge in [-0.05, 0) is 63.6 Å². The van der Waals surface area contributed by atoms with Crippen LogP contribution >= 0.6 is 0 Å². The Morgan fingerprint density at radius 1 is 1.17 bits per heavy atom. The summed E-state index contributed by atoms with van der Waals surface area (Å²) in [4.78, 5) is 0. The summed E-state index contributed by atoms with van der Waals surface area (Å²) >= 11 is 0. The number of aliphatic hydroxyl groups excluding tert-OH is 1. The summed E-state index contributed by atoms with van der Waals surface area (Å²) < 4.78 is 0. The van der Waals surface area contributed by atoms with Crippen molar-refractivity contribution in [2.75, 3.05) is 7.05 Å². The van der Waals surface area contributed by atoms with Crippen LogP contribution in [-0.2, 0) is 0 Å². The lowest BCUT2D eigenvalue weighted by molar-refractivity contribution is 0.0980. The van der Waals surface area contributed by atoms with Gasteiger partial charge >= 0.3 is 0 Å². The molecule has 1 aromatic rings. The van der Waals surface area contributed by atoms with Crippen LogP contribution in [0.4, 0.5) is 0 Å². The summed E-state index contributed by atoms with van der Waals surface area (Å²) in [7, 11) is 2.05. The molecule has 2 N–H and O–H groups in total. The molecular weight excluding hydrogens is 222 g/mol. The van der Waals surface area contributed by atoms with E-state index in [9.17, 15) is 5.11 Å². The van der Waals surface area contributed by atoms with Crippen molar-refractivity contribution in [2.45, 2.75) is 51.7 Å². The zero-order chi connectivity index (χ0) is 13.1. The second-order valence-electron chi connectivity index (χ2n) is 5.69. The summed E-state index contributed by atoms with van der Waals surface area (Å²) in [5.41, 5.74) is 4.12. The van der Waals surface area contributed by atoms with E-state index < -0.39 is 0 Å². The van der Waals surface area contributed by atoms with Gasteiger partial charge in [-0.3, -0.25) is 0 Å². The van der Waals surface area contributed by atoms with Gasteiger partial charge in [-0.15, -0.1) is 0 Å². The number of rotatable bonds is 3. The van der Waals surface area contributed by atoms with Gasteiger partial charge in [0.05, 0.1) is 6.10 Å². The number of aryl methyl sites for hydroxylation is 2. The molecule has 1 saturated carbocycles. The lowest BCUT2D eigenvalue weighted by Crippen LogP contribution is -2.30. The Kier molecular flexibility index (Phi) is 4.41. The van der Waals surface area contributed by atoms with Crippen molar-refractivity contribution in [3.63, 3.8) is 0 Å². The Balaban J connectivity index is 2.19. The predicted molar refractivity (Wildman–Crippen MR) is 75.7 cm³/mol. The maximum absolute atomic E-state index is 9.63. The maximum atomic E-state index is 9.63. The lowest BCUT2D eigenvalue weighted by Gasteiger charge is -2.33. The van der Waals surface area contributed by atoms with E-state index in [-0.39, 0.29) is 6.10 Å². The van der Waals surface area contributed by atoms with Crippen molar-refractivity contribution < 1.29 is 5.11 Å². The van der Waals surface area contributed by atoms with Crippen molar-refractivity contribution in [3.05, 3.63) is 34.9 Å². The van der Waals surface area contributed by atoms with E-state index in [1.54, 1.807) is 0 Å². The van der Waals surface area contributed by atoms with E-state index >= 15 is 0 Å². The molecule has 0 spiro atoms. The van der Waals surface area contributed by atoms with Crippen LogP contribution < -0.4 is 5.32 Å². The number of hydrogen-bond donors (Lipinski definition) is 2. The van der Waals surface area contributed by atoms with Gasteiger partial charge in [0.25, 0.3) is 0 Å². The van der Waals surface area contributed by atoms with Crippen LogP contribution in [0.3, 0.4) is 0 Å². The van der Waals surface area contributed by atoms with Gasteiger partial charge < -0.3 is 10.4 Å². The SMILES string of the molecule is CNC(c1cc(C)ccc1C)C1CCC(O)CC1. The molecule has 1 unspecified atom stereocenters. The van der Waals surface area contributed by atoms with Gasteiger partial charge in [0.1, 0.15) is 0 Å². The minimum atomic E-state index is -0.0719. The molecule has 2 rings (SSSR count). The number of nitrogens with one attached hydrogen (secondary N) is 1. The van der Waals surface area contributed by atoms with Crippen LogP contribution in [0, 0.1) is 19.8 Å². The monoisotopic (exact) mass is 247 g/mol. The first kappa shape index (κ1) is 13.6. The Labute approximate surface area is 110 Å². The Hall–Kier alpha value is -0.860. The van der Waals surface area contributed by atoms with Crippen LogP contribution in [0.2, 0.25) is 0 Å². The summed E-state index contributed by atoms with van der Waals surface area (Å²) in [6.45, 7) is 4.34. The summed E-state index contributed by atoms with van der Waals surface area (Å²) in [6, 6.07) is 7.13. The number of hydrogen-bond acceptors (Lipinski definition) is 2. The minimum absolute atomic E-state index is 0.0719. The molecule has 1 aromatic carbocycles. The second kappa shape index (κ2) is 5.85. The van der Waals surface area contributed by atoms with Crippen LogP contribution in [0.1, 0.15) is 48.4 Å². The zero-order valence-corrected chi connectivity index (χ0v) is 11.7. The highest BCUT2D eigenvalue weighted by molar-refractivity contribution is 5.33. The molecule has 1 aliphatic rings. The molecule has 0 heterocycles. The largest absolute Gasteiger partial charge is 0.393 e. The van der Waals surface area contributed by atoms with Crippen LogP contribution in [-0.4, -0.2) is 18.3 Å². The molecule has 1 atom stereocenters. The Bertz CT molecular complexity index is 394. The molecule has 0 aromatic heterocycles. The average molecular weight is 247 g/mol. The van der Waals surface area contributed by atoms with Gasteiger partial charge in [-0.1, -0.05) is 23.8 Å². The van der Waals surface area contributed by atoms with Gasteiger partial charge in [0.2, 0.25) is 0 Å². The highest BCUT2D eigenvalue weighted by Crippen LogP contribution is 2.35. The van der Waals surface area contributed by atoms with Crippen molar-refractivity contribution in [1.29, 1.82) is 0 Å². The van der Waals surface area contributed by atoms with Crippen LogP contribution in [0.15, 0.2) is 18.2 Å². The molecule has 0 saturated heterocycles. The molecule has 18 heavy (non-hydrogen) atoms. The minimum Gasteiger partial charge on any atom is -0.393 e. The Morgan fingerprint density at radius 2 is 1.83 bits per heavy atom. The average Bonchev–Trinajstić information content (AvgIpc) is 2.37. The molecular formula is C16H25NO. The first-order chi connectivity index (χ1) is 8.61. The molecule has 0 radical (unpaired) electrons. The topological polar surface area (TPSA) is 32.3 Å². The summed E-state index contributed by atoms with van der Waals surface area (Å²) in [6.07, 6.45) is 4.08. The molecule has 2 heteroatoms. The molecule has 0 amide bonds. The van der Waals surface area contributed by atoms with E-state index in [2.05, 4.69) is 44.4 Å². The van der Waals surface area contributed by atoms with Gasteiger partial charge in [-0.2, -0.15) is 0 Å². The van der Waals surface area contributed by atoms with E-state index in [0.29, 0.717) is 12.0 Å². The van der Waals surface area contributed by atoms with E-state index in [1.807, 2.05) is 0 Å². The molecule has 1 aliphatic carbocycles. The van der Waals surface area contributed by atoms with Crippen molar-refractivity contribution >= 4 is 0 Å². The fourth-order valence-corrected chi connectivity index (χ4v) is 3.18. The second-order valence-corrected chi connectivity index (χ2v) is 5.69. The molecule has 100 valence electrons. The van der Waals surface area contributed by atoms with Gasteiger partial charge in [-0.25, -0.2) is 0 Å². The highest BCUT2D eigenvalue weighted by atomic mass is 16.3. The highest BCUT2D eigenvalue weighted by Gasteiger charge is 2.27. The summed E-state index contributed by atoms with van der Waals surface area (Å²) in [5.74, 6) is 0.652. The normalized spacial score (nSPS) is 26.0. The molecule has 2 nitrogen and oxygen atoms in total. The smallest absolute Gasteiger partial charge is 0.0540 e. The molecule has 0 aliphatic heterocycles. The third kappa shape index (κ3) is 2.93. The standard InChI is InChI=1S/C16H25NO/c1-11-4-5-12(2)15(10-11)16(17-3)13-6-8-14(18)9-7-13/h4-5,10,13-14,16-18H,6-9H2,1-3H3. The third-order valence-corrected chi connectivity index (χ3v) is 4.29. The van der Waals surface area contributed by atoms with Crippen LogP contribution in [0.25, 0.3) is 0 Å². The van der Waals surface area contributed by atoms with E-state index in [4.69, 9.17) is 0 Å². The van der Waals surface area contributed by atoms with E-state index in [1.165, 1.54) is 16.7 Å². The van der Waals surface area contributed by atoms with Gasteiger partial charge in [0, 0.05) is 6.04 Å². The predicted octanol–water partition coefficient (Wildman–Crippen LogP) is 3.12. The molecule has 1 fully saturated rings. The first-order valence-electron chi connectivity index (χ1n) is 7.04. The zero-order valence-electron chi connectivity index (χ0n) is 11.7. The summed E-state index contributed by atoms with van der Waals surface area (Å²) in [5, 5.41) is 13.1. The van der Waals surface area contributed by atoms with Crippen LogP contribution in [0.5, 0.6) is 0 Å². The van der Waals surface area contributed by atoms with E-state index in [0.717, 1.165) is 25.7 Å². The van der Waals surface area contributed by atoms with Crippen molar-refractivity contribution in [3.8, 4) is 0 Å². The van der Waals surface area contributed by atoms with Crippen molar-refractivity contribution in [2.24, 2.45) is 5.92 Å². The van der Waals surface area contributed by atoms with Crippen molar-refractivity contribution in [1.82, 2.24) is 5.32 Å². The fraction of sp³-hybridized carbons (Fsp3) is 0.625. The first-order valence-corrected chi connectivity index (χ1v) is 7.04. The fourth-order valence-electron chi connectivity index (χ4n) is 3.18. The number of aliphatic hydroxyl groups is 1. The quantitative estimate of drug-likeness (QED) is 0.860. The lowest BCUT2D eigenvalue weighted by atomic mass is 9.79. The third-order valence-electron chi connectivity index (χ3n) is 4.29. The van der Waals surface area contributed by atoms with Gasteiger partial charge in [0.15, 0.2) is 0 Å². The Morgan fingerprint density at radius 3 is 2.44 bits per heavy atom. The molecule has 0 bridgehead atoms.